The van der Waals surface area contributed by atoms with Gasteiger partial charge in [-0.3, -0.25) is 0 Å². The van der Waals surface area contributed by atoms with Gasteiger partial charge >= 0.3 is 0 Å². The van der Waals surface area contributed by atoms with E-state index in [1.807, 2.05) is 6.07 Å². The molecule has 0 amide bonds. The average Bonchev–Trinajstić information content (AvgIpc) is 2.66. The molecule has 16 heavy (non-hydrogen) atoms. The van der Waals surface area contributed by atoms with Crippen LogP contribution in [0.25, 0.3) is 0 Å². The van der Waals surface area contributed by atoms with Crippen molar-refractivity contribution in [1.29, 1.82) is 0 Å². The lowest BCUT2D eigenvalue weighted by atomic mass is 10.1. The molecule has 0 aliphatic rings. The second-order valence-corrected chi connectivity index (χ2v) is 4.79. The van der Waals surface area contributed by atoms with Gasteiger partial charge in [-0.15, -0.1) is 11.3 Å². The van der Waals surface area contributed by atoms with Crippen LogP contribution in [0.2, 0.25) is 0 Å². The maximum atomic E-state index is 12.9. The van der Waals surface area contributed by atoms with E-state index in [1.54, 1.807) is 19.2 Å². The molecular weight excluding hydrogens is 225 g/mol. The largest absolute Gasteiger partial charge is 0.388 e. The predicted molar refractivity (Wildman–Crippen MR) is 62.0 cm³/mol. The highest BCUT2D eigenvalue weighted by Crippen LogP contribution is 2.22. The summed E-state index contributed by atoms with van der Waals surface area (Å²) in [5, 5.41) is 10.2. The van der Waals surface area contributed by atoms with Crippen LogP contribution in [0.5, 0.6) is 0 Å². The Morgan fingerprint density at radius 3 is 2.94 bits per heavy atom. The van der Waals surface area contributed by atoms with Crippen LogP contribution in [0.3, 0.4) is 0 Å². The molecule has 0 saturated heterocycles. The Hall–Kier alpha value is -1.26. The molecule has 1 aromatic carbocycles. The Morgan fingerprint density at radius 2 is 2.31 bits per heavy atom. The lowest BCUT2D eigenvalue weighted by Gasteiger charge is -1.98. The first-order valence-electron chi connectivity index (χ1n) is 5.02. The number of rotatable bonds is 3. The van der Waals surface area contributed by atoms with Crippen LogP contribution in [-0.2, 0) is 6.42 Å². The van der Waals surface area contributed by atoms with E-state index in [0.29, 0.717) is 6.42 Å². The van der Waals surface area contributed by atoms with E-state index in [4.69, 9.17) is 0 Å². The highest BCUT2D eigenvalue weighted by Gasteiger charge is 2.07. The predicted octanol–water partition coefficient (Wildman–Crippen LogP) is 2.93. The van der Waals surface area contributed by atoms with Crippen LogP contribution in [0.15, 0.2) is 30.5 Å². The molecule has 2 aromatic rings. The third-order valence-electron chi connectivity index (χ3n) is 2.23. The number of aliphatic hydroxyl groups is 1. The Labute approximate surface area is 97.4 Å². The van der Waals surface area contributed by atoms with Gasteiger partial charge in [-0.2, -0.15) is 0 Å². The number of thiazole rings is 1. The summed E-state index contributed by atoms with van der Waals surface area (Å²) in [5.74, 6) is -0.232. The third-order valence-corrected chi connectivity index (χ3v) is 3.40. The lowest BCUT2D eigenvalue weighted by Crippen LogP contribution is -1.87. The first-order valence-corrected chi connectivity index (χ1v) is 5.84. The van der Waals surface area contributed by atoms with E-state index in [2.05, 4.69) is 4.98 Å². The number of hydrogen-bond donors (Lipinski definition) is 1. The van der Waals surface area contributed by atoms with E-state index < -0.39 is 6.10 Å². The molecule has 2 nitrogen and oxygen atoms in total. The number of aliphatic hydroxyl groups excluding tert-OH is 1. The Bertz CT molecular complexity index is 481. The highest BCUT2D eigenvalue weighted by atomic mass is 32.1. The number of hydrogen-bond acceptors (Lipinski definition) is 3. The van der Waals surface area contributed by atoms with Crippen molar-refractivity contribution < 1.29 is 9.50 Å². The lowest BCUT2D eigenvalue weighted by molar-refractivity contribution is 0.203. The molecule has 84 valence electrons. The SMILES string of the molecule is CC(O)c1cnc(Cc2cccc(F)c2)s1. The average molecular weight is 237 g/mol. The van der Waals surface area contributed by atoms with Crippen molar-refractivity contribution >= 4 is 11.3 Å². The van der Waals surface area contributed by atoms with Crippen LogP contribution in [0.1, 0.15) is 28.5 Å². The molecule has 4 heteroatoms. The van der Waals surface area contributed by atoms with E-state index >= 15 is 0 Å². The van der Waals surface area contributed by atoms with Gasteiger partial charge in [-0.05, 0) is 24.6 Å². The summed E-state index contributed by atoms with van der Waals surface area (Å²) in [7, 11) is 0. The second kappa shape index (κ2) is 4.72. The minimum Gasteiger partial charge on any atom is -0.388 e. The fourth-order valence-corrected chi connectivity index (χ4v) is 2.31. The zero-order valence-corrected chi connectivity index (χ0v) is 9.67. The fourth-order valence-electron chi connectivity index (χ4n) is 1.42. The molecular formula is C12H12FNOS. The summed E-state index contributed by atoms with van der Waals surface area (Å²) in [6.07, 6.45) is 1.79. The number of benzene rings is 1. The van der Waals surface area contributed by atoms with E-state index in [1.165, 1.54) is 23.5 Å². The summed E-state index contributed by atoms with van der Waals surface area (Å²) in [6.45, 7) is 1.71. The summed E-state index contributed by atoms with van der Waals surface area (Å²) < 4.78 is 12.9. The maximum absolute atomic E-state index is 12.9. The minimum atomic E-state index is -0.487. The number of nitrogens with zero attached hydrogens (tertiary/aromatic N) is 1. The van der Waals surface area contributed by atoms with Gasteiger partial charge in [-0.25, -0.2) is 9.37 Å². The number of aromatic nitrogens is 1. The van der Waals surface area contributed by atoms with Gasteiger partial charge in [0.1, 0.15) is 5.82 Å². The molecule has 0 bridgehead atoms. The summed E-state index contributed by atoms with van der Waals surface area (Å²) >= 11 is 1.46. The standard InChI is InChI=1S/C12H12FNOS/c1-8(15)11-7-14-12(16-11)6-9-3-2-4-10(13)5-9/h2-5,7-8,15H,6H2,1H3. The molecule has 1 atom stereocenters. The number of halogens is 1. The molecule has 1 N–H and O–H groups in total. The molecule has 0 spiro atoms. The van der Waals surface area contributed by atoms with Gasteiger partial charge in [0.25, 0.3) is 0 Å². The summed E-state index contributed by atoms with van der Waals surface area (Å²) in [6, 6.07) is 6.48. The van der Waals surface area contributed by atoms with Crippen molar-refractivity contribution in [3.63, 3.8) is 0 Å². The van der Waals surface area contributed by atoms with Crippen LogP contribution in [-0.4, -0.2) is 10.1 Å². The summed E-state index contributed by atoms with van der Waals surface area (Å²) in [5.41, 5.74) is 0.895. The summed E-state index contributed by atoms with van der Waals surface area (Å²) in [4.78, 5) is 5.04. The normalized spacial score (nSPS) is 12.7. The van der Waals surface area contributed by atoms with Crippen molar-refractivity contribution in [3.05, 3.63) is 51.7 Å². The molecule has 0 radical (unpaired) electrons. The zero-order chi connectivity index (χ0) is 11.5. The van der Waals surface area contributed by atoms with Crippen molar-refractivity contribution in [2.24, 2.45) is 0 Å². The highest BCUT2D eigenvalue weighted by molar-refractivity contribution is 7.11. The molecule has 0 fully saturated rings. The monoisotopic (exact) mass is 237 g/mol. The van der Waals surface area contributed by atoms with E-state index in [9.17, 15) is 9.50 Å². The molecule has 0 aliphatic carbocycles. The van der Waals surface area contributed by atoms with Gasteiger partial charge in [0.05, 0.1) is 16.0 Å². The minimum absolute atomic E-state index is 0.232. The molecule has 2 rings (SSSR count). The Balaban J connectivity index is 2.14. The first kappa shape index (κ1) is 11.2. The van der Waals surface area contributed by atoms with Crippen LogP contribution < -0.4 is 0 Å². The van der Waals surface area contributed by atoms with Crippen molar-refractivity contribution in [2.75, 3.05) is 0 Å². The van der Waals surface area contributed by atoms with Crippen LogP contribution >= 0.6 is 11.3 Å². The smallest absolute Gasteiger partial charge is 0.123 e. The molecule has 1 heterocycles. The molecule has 0 aliphatic heterocycles. The van der Waals surface area contributed by atoms with Crippen molar-refractivity contribution in [3.8, 4) is 0 Å². The molecule has 0 saturated carbocycles. The van der Waals surface area contributed by atoms with E-state index in [-0.39, 0.29) is 5.82 Å². The maximum Gasteiger partial charge on any atom is 0.123 e. The second-order valence-electron chi connectivity index (χ2n) is 3.64. The topological polar surface area (TPSA) is 33.1 Å². The molecule has 1 aromatic heterocycles. The third kappa shape index (κ3) is 2.65. The Morgan fingerprint density at radius 1 is 1.50 bits per heavy atom. The fraction of sp³-hybridized carbons (Fsp3) is 0.250. The quantitative estimate of drug-likeness (QED) is 0.890. The van der Waals surface area contributed by atoms with E-state index in [0.717, 1.165) is 15.4 Å². The van der Waals surface area contributed by atoms with Crippen molar-refractivity contribution in [1.82, 2.24) is 4.98 Å². The van der Waals surface area contributed by atoms with Gasteiger partial charge in [0.15, 0.2) is 0 Å². The van der Waals surface area contributed by atoms with Crippen LogP contribution in [0, 0.1) is 5.82 Å². The van der Waals surface area contributed by atoms with Gasteiger partial charge in [0.2, 0.25) is 0 Å². The molecule has 1 unspecified atom stereocenters. The van der Waals surface area contributed by atoms with Gasteiger partial charge in [0, 0.05) is 12.6 Å². The van der Waals surface area contributed by atoms with Crippen molar-refractivity contribution in [2.45, 2.75) is 19.4 Å². The van der Waals surface area contributed by atoms with Gasteiger partial charge in [-0.1, -0.05) is 12.1 Å². The zero-order valence-electron chi connectivity index (χ0n) is 8.85. The van der Waals surface area contributed by atoms with Crippen LogP contribution in [0.4, 0.5) is 4.39 Å². The first-order chi connectivity index (χ1) is 7.65. The Kier molecular flexibility index (Phi) is 3.31. The van der Waals surface area contributed by atoms with Gasteiger partial charge < -0.3 is 5.11 Å².